The van der Waals surface area contributed by atoms with Crippen LogP contribution in [-0.2, 0) is 14.3 Å². The number of carbonyl (C=O) groups excluding carboxylic acids is 3. The second-order valence-corrected chi connectivity index (χ2v) is 5.12. The molecule has 1 aromatic carbocycles. The zero-order chi connectivity index (χ0) is 17.7. The highest BCUT2D eigenvalue weighted by atomic mass is 16.6. The second-order valence-electron chi connectivity index (χ2n) is 5.12. The van der Waals surface area contributed by atoms with E-state index in [-0.39, 0.29) is 37.4 Å². The molecule has 0 spiro atoms. The van der Waals surface area contributed by atoms with Crippen molar-refractivity contribution in [1.82, 2.24) is 10.2 Å². The molecule has 0 aliphatic carbocycles. The van der Waals surface area contributed by atoms with Crippen LogP contribution in [0.15, 0.2) is 24.3 Å². The molecule has 2 rings (SSSR count). The summed E-state index contributed by atoms with van der Waals surface area (Å²) in [5, 5.41) is 13.3. The van der Waals surface area contributed by atoms with Gasteiger partial charge in [0, 0.05) is 30.8 Å². The van der Waals surface area contributed by atoms with Crippen molar-refractivity contribution in [3.05, 3.63) is 39.9 Å². The first-order chi connectivity index (χ1) is 11.4. The normalized spacial score (nSPS) is 17.1. The van der Waals surface area contributed by atoms with Crippen LogP contribution in [-0.4, -0.2) is 53.3 Å². The van der Waals surface area contributed by atoms with Crippen LogP contribution in [0.4, 0.5) is 5.69 Å². The lowest BCUT2D eigenvalue weighted by Crippen LogP contribution is -2.57. The number of nitro groups is 1. The van der Waals surface area contributed by atoms with Crippen LogP contribution in [0.5, 0.6) is 0 Å². The number of nitro benzene ring substituents is 1. The SMILES string of the molecule is CCOC(=O)CC1C(=O)NCCN1C(=O)c1ccc([N+](=O)[O-])cc1. The molecule has 1 aliphatic heterocycles. The molecular formula is C15H17N3O6. The largest absolute Gasteiger partial charge is 0.466 e. The third kappa shape index (κ3) is 3.86. The summed E-state index contributed by atoms with van der Waals surface area (Å²) >= 11 is 0. The van der Waals surface area contributed by atoms with Crippen LogP contribution in [0.3, 0.4) is 0 Å². The molecule has 0 bridgehead atoms. The first-order valence-electron chi connectivity index (χ1n) is 7.42. The van der Waals surface area contributed by atoms with E-state index in [1.165, 1.54) is 29.2 Å². The average molecular weight is 335 g/mol. The van der Waals surface area contributed by atoms with Crippen LogP contribution in [0.25, 0.3) is 0 Å². The zero-order valence-corrected chi connectivity index (χ0v) is 13.1. The van der Waals surface area contributed by atoms with E-state index in [4.69, 9.17) is 4.74 Å². The molecule has 1 atom stereocenters. The van der Waals surface area contributed by atoms with Gasteiger partial charge in [0.2, 0.25) is 5.91 Å². The van der Waals surface area contributed by atoms with Crippen LogP contribution >= 0.6 is 0 Å². The highest BCUT2D eigenvalue weighted by Crippen LogP contribution is 2.17. The molecule has 1 saturated heterocycles. The third-order valence-corrected chi connectivity index (χ3v) is 3.58. The molecule has 1 aliphatic rings. The van der Waals surface area contributed by atoms with Crippen LogP contribution in [0.2, 0.25) is 0 Å². The van der Waals surface area contributed by atoms with Crippen molar-refractivity contribution in [3.63, 3.8) is 0 Å². The molecule has 0 radical (unpaired) electrons. The minimum Gasteiger partial charge on any atom is -0.466 e. The monoisotopic (exact) mass is 335 g/mol. The van der Waals surface area contributed by atoms with Gasteiger partial charge in [-0.25, -0.2) is 0 Å². The van der Waals surface area contributed by atoms with Crippen molar-refractivity contribution in [2.75, 3.05) is 19.7 Å². The van der Waals surface area contributed by atoms with E-state index >= 15 is 0 Å². The smallest absolute Gasteiger partial charge is 0.308 e. The van der Waals surface area contributed by atoms with Crippen molar-refractivity contribution in [1.29, 1.82) is 0 Å². The van der Waals surface area contributed by atoms with Gasteiger partial charge < -0.3 is 15.0 Å². The first-order valence-corrected chi connectivity index (χ1v) is 7.42. The van der Waals surface area contributed by atoms with Crippen molar-refractivity contribution >= 4 is 23.5 Å². The van der Waals surface area contributed by atoms with Gasteiger partial charge in [-0.05, 0) is 19.1 Å². The molecule has 2 amide bonds. The number of rotatable bonds is 5. The maximum atomic E-state index is 12.6. The molecule has 0 aromatic heterocycles. The Morgan fingerprint density at radius 1 is 1.38 bits per heavy atom. The number of benzene rings is 1. The summed E-state index contributed by atoms with van der Waals surface area (Å²) in [5.74, 6) is -1.46. The van der Waals surface area contributed by atoms with Crippen molar-refractivity contribution in [3.8, 4) is 0 Å². The fourth-order valence-corrected chi connectivity index (χ4v) is 2.43. The van der Waals surface area contributed by atoms with E-state index in [1.807, 2.05) is 0 Å². The van der Waals surface area contributed by atoms with Gasteiger partial charge >= 0.3 is 5.97 Å². The lowest BCUT2D eigenvalue weighted by Gasteiger charge is -2.34. The molecule has 1 heterocycles. The van der Waals surface area contributed by atoms with E-state index in [0.717, 1.165) is 0 Å². The van der Waals surface area contributed by atoms with Gasteiger partial charge in [0.1, 0.15) is 6.04 Å². The number of nitrogens with zero attached hydrogens (tertiary/aromatic N) is 2. The Labute approximate surface area is 137 Å². The van der Waals surface area contributed by atoms with Gasteiger partial charge in [-0.2, -0.15) is 0 Å². The molecule has 1 fully saturated rings. The molecule has 128 valence electrons. The number of nitrogens with one attached hydrogen (secondary N) is 1. The van der Waals surface area contributed by atoms with E-state index in [1.54, 1.807) is 6.92 Å². The molecule has 9 heteroatoms. The van der Waals surface area contributed by atoms with Crippen LogP contribution < -0.4 is 5.32 Å². The Morgan fingerprint density at radius 3 is 2.62 bits per heavy atom. The summed E-state index contributed by atoms with van der Waals surface area (Å²) in [5.41, 5.74) is 0.0789. The predicted molar refractivity (Wildman–Crippen MR) is 82.2 cm³/mol. The van der Waals surface area contributed by atoms with Gasteiger partial charge in [-0.1, -0.05) is 0 Å². The number of piperazine rings is 1. The van der Waals surface area contributed by atoms with Gasteiger partial charge in [0.05, 0.1) is 18.0 Å². The lowest BCUT2D eigenvalue weighted by atomic mass is 10.1. The standard InChI is InChI=1S/C15H17N3O6/c1-2-24-13(19)9-12-14(20)16-7-8-17(12)15(21)10-3-5-11(6-4-10)18(22)23/h3-6,12H,2,7-9H2,1H3,(H,16,20). The van der Waals surface area contributed by atoms with Gasteiger partial charge in [-0.3, -0.25) is 24.5 Å². The lowest BCUT2D eigenvalue weighted by molar-refractivity contribution is -0.384. The van der Waals surface area contributed by atoms with E-state index < -0.39 is 28.7 Å². The van der Waals surface area contributed by atoms with Gasteiger partial charge in [-0.15, -0.1) is 0 Å². The maximum Gasteiger partial charge on any atom is 0.308 e. The number of hydrogen-bond donors (Lipinski definition) is 1. The Kier molecular flexibility index (Phi) is 5.46. The first kappa shape index (κ1) is 17.4. The fourth-order valence-electron chi connectivity index (χ4n) is 2.43. The van der Waals surface area contributed by atoms with Gasteiger partial charge in [0.15, 0.2) is 0 Å². The van der Waals surface area contributed by atoms with Crippen molar-refractivity contribution in [2.45, 2.75) is 19.4 Å². The molecule has 9 nitrogen and oxygen atoms in total. The number of amides is 2. The molecule has 1 aromatic rings. The topological polar surface area (TPSA) is 119 Å². The Bertz CT molecular complexity index is 658. The van der Waals surface area contributed by atoms with Crippen LogP contribution in [0.1, 0.15) is 23.7 Å². The molecule has 24 heavy (non-hydrogen) atoms. The Hall–Kier alpha value is -2.97. The summed E-state index contributed by atoms with van der Waals surface area (Å²) in [6.45, 7) is 2.35. The summed E-state index contributed by atoms with van der Waals surface area (Å²) in [6.07, 6.45) is -0.238. The summed E-state index contributed by atoms with van der Waals surface area (Å²) in [4.78, 5) is 47.7. The third-order valence-electron chi connectivity index (χ3n) is 3.58. The number of carbonyl (C=O) groups is 3. The number of ether oxygens (including phenoxy) is 1. The Morgan fingerprint density at radius 2 is 2.04 bits per heavy atom. The van der Waals surface area contributed by atoms with Crippen molar-refractivity contribution in [2.24, 2.45) is 0 Å². The average Bonchev–Trinajstić information content (AvgIpc) is 2.56. The molecule has 1 N–H and O–H groups in total. The Balaban J connectivity index is 2.19. The second kappa shape index (κ2) is 7.53. The minimum absolute atomic E-state index is 0.133. The van der Waals surface area contributed by atoms with Crippen LogP contribution in [0, 0.1) is 10.1 Å². The van der Waals surface area contributed by atoms with Gasteiger partial charge in [0.25, 0.3) is 11.6 Å². The van der Waals surface area contributed by atoms with E-state index in [2.05, 4.69) is 5.32 Å². The van der Waals surface area contributed by atoms with E-state index in [9.17, 15) is 24.5 Å². The quantitative estimate of drug-likeness (QED) is 0.475. The predicted octanol–water partition coefficient (Wildman–Crippen LogP) is 0.489. The number of hydrogen-bond acceptors (Lipinski definition) is 6. The summed E-state index contributed by atoms with van der Waals surface area (Å²) in [7, 11) is 0. The number of esters is 1. The summed E-state index contributed by atoms with van der Waals surface area (Å²) in [6, 6.07) is 4.14. The molecule has 1 unspecified atom stereocenters. The van der Waals surface area contributed by atoms with Crippen molar-refractivity contribution < 1.29 is 24.0 Å². The fraction of sp³-hybridized carbons (Fsp3) is 0.400. The number of non-ortho nitro benzene ring substituents is 1. The molecular weight excluding hydrogens is 318 g/mol. The highest BCUT2D eigenvalue weighted by molar-refractivity contribution is 5.99. The molecule has 0 saturated carbocycles. The summed E-state index contributed by atoms with van der Waals surface area (Å²) < 4.78 is 4.84. The zero-order valence-electron chi connectivity index (χ0n) is 13.1. The minimum atomic E-state index is -0.958. The highest BCUT2D eigenvalue weighted by Gasteiger charge is 2.35. The van der Waals surface area contributed by atoms with E-state index in [0.29, 0.717) is 0 Å². The maximum absolute atomic E-state index is 12.6.